The maximum atomic E-state index is 11.0. The summed E-state index contributed by atoms with van der Waals surface area (Å²) in [7, 11) is 0. The predicted molar refractivity (Wildman–Crippen MR) is 49.0 cm³/mol. The molecule has 0 aliphatic heterocycles. The zero-order valence-electron chi connectivity index (χ0n) is 8.11. The lowest BCUT2D eigenvalue weighted by Crippen LogP contribution is -2.24. The smallest absolute Gasteiger partial charge is 0.380 e. The molecular weight excluding hydrogens is 168 g/mol. The van der Waals surface area contributed by atoms with Crippen molar-refractivity contribution >= 4 is 0 Å². The van der Waals surface area contributed by atoms with Crippen LogP contribution < -0.4 is 5.69 Å². The first-order valence-electron chi connectivity index (χ1n) is 4.29. The quantitative estimate of drug-likeness (QED) is 0.694. The Morgan fingerprint density at radius 3 is 2.69 bits per heavy atom. The van der Waals surface area contributed by atoms with Crippen LogP contribution in [0.25, 0.3) is 0 Å². The molecule has 0 bridgehead atoms. The van der Waals surface area contributed by atoms with Gasteiger partial charge in [0.05, 0.1) is 5.69 Å². The van der Waals surface area contributed by atoms with Crippen molar-refractivity contribution in [1.29, 1.82) is 0 Å². The normalized spacial score (nSPS) is 10.8. The molecule has 0 saturated carbocycles. The summed E-state index contributed by atoms with van der Waals surface area (Å²) in [6, 6.07) is 1.72. The van der Waals surface area contributed by atoms with Gasteiger partial charge >= 0.3 is 5.69 Å². The van der Waals surface area contributed by atoms with E-state index in [1.54, 1.807) is 13.0 Å². The first-order valence-corrected chi connectivity index (χ1v) is 4.29. The minimum atomic E-state index is -0.601. The molecule has 0 unspecified atom stereocenters. The number of aromatic nitrogens is 2. The molecule has 0 aliphatic carbocycles. The van der Waals surface area contributed by atoms with Gasteiger partial charge in [0.2, 0.25) is 0 Å². The molecule has 0 aliphatic rings. The molecule has 0 amide bonds. The highest BCUT2D eigenvalue weighted by atomic mass is 16.5. The highest BCUT2D eigenvalue weighted by Gasteiger charge is 2.04. The summed E-state index contributed by atoms with van der Waals surface area (Å²) in [5, 5.41) is 9.11. The Balaban J connectivity index is 3.06. The first-order chi connectivity index (χ1) is 6.00. The molecule has 72 valence electrons. The summed E-state index contributed by atoms with van der Waals surface area (Å²) in [5.74, 6) is 0.459. The maximum Gasteiger partial charge on any atom is 0.380 e. The Labute approximate surface area is 76.8 Å². The third kappa shape index (κ3) is 2.31. The summed E-state index contributed by atoms with van der Waals surface area (Å²) >= 11 is 0. The van der Waals surface area contributed by atoms with Gasteiger partial charge in [-0.2, -0.15) is 4.98 Å². The molecule has 1 rings (SSSR count). The van der Waals surface area contributed by atoms with Crippen LogP contribution in [-0.2, 0) is 6.42 Å². The average molecular weight is 182 g/mol. The Kier molecular flexibility index (Phi) is 2.70. The summed E-state index contributed by atoms with van der Waals surface area (Å²) in [5.41, 5.74) is 0.661. The molecule has 4 nitrogen and oxygen atoms in total. The van der Waals surface area contributed by atoms with Crippen LogP contribution in [0.2, 0.25) is 0 Å². The van der Waals surface area contributed by atoms with E-state index < -0.39 is 5.69 Å². The molecule has 1 heterocycles. The molecule has 0 saturated heterocycles. The molecule has 0 atom stereocenters. The fourth-order valence-electron chi connectivity index (χ4n) is 1.18. The molecule has 0 spiro atoms. The van der Waals surface area contributed by atoms with E-state index in [2.05, 4.69) is 18.8 Å². The van der Waals surface area contributed by atoms with E-state index >= 15 is 0 Å². The van der Waals surface area contributed by atoms with Crippen LogP contribution in [0.4, 0.5) is 0 Å². The number of hydrogen-bond donors (Lipinski definition) is 1. The standard InChI is InChI=1S/C9H14N2O2/c1-6(2)4-8-5-7(3)11(13)9(12)10-8/h5-6,13H,4H2,1-3H3. The van der Waals surface area contributed by atoms with Crippen molar-refractivity contribution in [3.05, 3.63) is 27.9 Å². The van der Waals surface area contributed by atoms with E-state index in [4.69, 9.17) is 5.21 Å². The number of rotatable bonds is 2. The molecule has 1 aromatic heterocycles. The van der Waals surface area contributed by atoms with Gasteiger partial charge in [-0.05, 0) is 25.3 Å². The zero-order chi connectivity index (χ0) is 10.0. The van der Waals surface area contributed by atoms with Crippen molar-refractivity contribution in [2.45, 2.75) is 27.2 Å². The third-order valence-electron chi connectivity index (χ3n) is 1.75. The molecule has 0 fully saturated rings. The predicted octanol–water partition coefficient (Wildman–Crippen LogP) is 0.988. The van der Waals surface area contributed by atoms with Crippen molar-refractivity contribution in [3.63, 3.8) is 0 Å². The van der Waals surface area contributed by atoms with E-state index in [-0.39, 0.29) is 0 Å². The molecule has 0 aromatic carbocycles. The fourth-order valence-corrected chi connectivity index (χ4v) is 1.18. The van der Waals surface area contributed by atoms with Crippen molar-refractivity contribution < 1.29 is 5.21 Å². The van der Waals surface area contributed by atoms with Gasteiger partial charge in [-0.3, -0.25) is 0 Å². The van der Waals surface area contributed by atoms with E-state index in [1.165, 1.54) is 0 Å². The van der Waals surface area contributed by atoms with Gasteiger partial charge < -0.3 is 5.21 Å². The van der Waals surface area contributed by atoms with E-state index in [0.717, 1.165) is 12.1 Å². The lowest BCUT2D eigenvalue weighted by Gasteiger charge is -2.05. The SMILES string of the molecule is Cc1cc(CC(C)C)nc(=O)n1O. The van der Waals surface area contributed by atoms with Crippen LogP contribution in [0.15, 0.2) is 10.9 Å². The van der Waals surface area contributed by atoms with Crippen molar-refractivity contribution in [1.82, 2.24) is 9.71 Å². The van der Waals surface area contributed by atoms with Crippen molar-refractivity contribution in [2.24, 2.45) is 5.92 Å². The summed E-state index contributed by atoms with van der Waals surface area (Å²) in [6.07, 6.45) is 0.761. The summed E-state index contributed by atoms with van der Waals surface area (Å²) in [6.45, 7) is 5.79. The Morgan fingerprint density at radius 2 is 2.23 bits per heavy atom. The van der Waals surface area contributed by atoms with Gasteiger partial charge in [0.15, 0.2) is 0 Å². The number of nitrogens with zero attached hydrogens (tertiary/aromatic N) is 2. The number of aryl methyl sites for hydroxylation is 1. The Hall–Kier alpha value is -1.32. The summed E-state index contributed by atoms with van der Waals surface area (Å²) in [4.78, 5) is 14.8. The fraction of sp³-hybridized carbons (Fsp3) is 0.556. The van der Waals surface area contributed by atoms with Crippen LogP contribution in [0.1, 0.15) is 25.2 Å². The third-order valence-corrected chi connectivity index (χ3v) is 1.75. The lowest BCUT2D eigenvalue weighted by atomic mass is 10.1. The van der Waals surface area contributed by atoms with Crippen LogP contribution in [0.3, 0.4) is 0 Å². The molecule has 1 aromatic rings. The Morgan fingerprint density at radius 1 is 1.62 bits per heavy atom. The molecular formula is C9H14N2O2. The minimum Gasteiger partial charge on any atom is -0.424 e. The van der Waals surface area contributed by atoms with E-state index in [9.17, 15) is 4.79 Å². The second-order valence-corrected chi connectivity index (χ2v) is 3.58. The van der Waals surface area contributed by atoms with Gasteiger partial charge in [0.25, 0.3) is 0 Å². The van der Waals surface area contributed by atoms with Gasteiger partial charge in [0.1, 0.15) is 0 Å². The molecule has 13 heavy (non-hydrogen) atoms. The minimum absolute atomic E-state index is 0.459. The van der Waals surface area contributed by atoms with Gasteiger partial charge in [0, 0.05) is 5.69 Å². The van der Waals surface area contributed by atoms with Crippen LogP contribution >= 0.6 is 0 Å². The topological polar surface area (TPSA) is 55.1 Å². The second-order valence-electron chi connectivity index (χ2n) is 3.58. The zero-order valence-corrected chi connectivity index (χ0v) is 8.11. The average Bonchev–Trinajstić information content (AvgIpc) is 1.98. The molecule has 1 N–H and O–H groups in total. The van der Waals surface area contributed by atoms with E-state index in [1.807, 2.05) is 0 Å². The van der Waals surface area contributed by atoms with Crippen LogP contribution in [0.5, 0.6) is 0 Å². The largest absolute Gasteiger partial charge is 0.424 e. The van der Waals surface area contributed by atoms with Crippen molar-refractivity contribution in [2.75, 3.05) is 0 Å². The molecule has 0 radical (unpaired) electrons. The van der Waals surface area contributed by atoms with Crippen LogP contribution in [-0.4, -0.2) is 14.9 Å². The second kappa shape index (κ2) is 3.60. The first kappa shape index (κ1) is 9.77. The van der Waals surface area contributed by atoms with Crippen LogP contribution in [0, 0.1) is 12.8 Å². The number of hydrogen-bond acceptors (Lipinski definition) is 3. The highest BCUT2D eigenvalue weighted by molar-refractivity contribution is 5.07. The van der Waals surface area contributed by atoms with Gasteiger partial charge in [-0.1, -0.05) is 13.8 Å². The van der Waals surface area contributed by atoms with Crippen molar-refractivity contribution in [3.8, 4) is 0 Å². The van der Waals surface area contributed by atoms with Gasteiger partial charge in [-0.25, -0.2) is 4.79 Å². The Bertz CT molecular complexity index is 355. The molecule has 4 heteroatoms. The maximum absolute atomic E-state index is 11.0. The van der Waals surface area contributed by atoms with E-state index in [0.29, 0.717) is 16.3 Å². The summed E-state index contributed by atoms with van der Waals surface area (Å²) < 4.78 is 0.559. The lowest BCUT2D eigenvalue weighted by molar-refractivity contribution is 0.162. The monoisotopic (exact) mass is 182 g/mol. The highest BCUT2D eigenvalue weighted by Crippen LogP contribution is 2.04. The van der Waals surface area contributed by atoms with Gasteiger partial charge in [-0.15, -0.1) is 4.73 Å².